The SMILES string of the molecule is C[C@H]1CCN(C(=O)CN[C@@H](c2ccccc2)c2cccs2)c2ccccc2S1. The zero-order valence-corrected chi connectivity index (χ0v) is 17.5. The number of carbonyl (C=O) groups excluding carboxylic acids is 1. The zero-order valence-electron chi connectivity index (χ0n) is 15.9. The van der Waals surface area contributed by atoms with E-state index in [1.807, 2.05) is 47.0 Å². The van der Waals surface area contributed by atoms with E-state index >= 15 is 0 Å². The summed E-state index contributed by atoms with van der Waals surface area (Å²) in [6, 6.07) is 22.8. The Hall–Kier alpha value is -2.08. The summed E-state index contributed by atoms with van der Waals surface area (Å²) in [5.74, 6) is 0.125. The third kappa shape index (κ3) is 4.32. The molecule has 0 saturated heterocycles. The molecule has 3 aromatic rings. The summed E-state index contributed by atoms with van der Waals surface area (Å²) >= 11 is 3.58. The van der Waals surface area contributed by atoms with Crippen LogP contribution in [-0.4, -0.2) is 24.2 Å². The minimum absolute atomic E-state index is 0.0284. The molecule has 1 aliphatic heterocycles. The van der Waals surface area contributed by atoms with Crippen LogP contribution in [0.4, 0.5) is 5.69 Å². The normalized spacial score (nSPS) is 17.6. The van der Waals surface area contributed by atoms with Crippen molar-refractivity contribution in [2.45, 2.75) is 29.5 Å². The molecule has 0 radical (unpaired) electrons. The van der Waals surface area contributed by atoms with Gasteiger partial charge in [0.2, 0.25) is 5.91 Å². The number of benzene rings is 2. The predicted molar refractivity (Wildman–Crippen MR) is 119 cm³/mol. The Balaban J connectivity index is 1.53. The molecule has 0 unspecified atom stereocenters. The lowest BCUT2D eigenvalue weighted by Crippen LogP contribution is -2.40. The van der Waals surface area contributed by atoms with Gasteiger partial charge in [-0.2, -0.15) is 0 Å². The van der Waals surface area contributed by atoms with Gasteiger partial charge < -0.3 is 4.90 Å². The molecule has 5 heteroatoms. The Labute approximate surface area is 174 Å². The fourth-order valence-corrected chi connectivity index (χ4v) is 5.45. The largest absolute Gasteiger partial charge is 0.310 e. The van der Waals surface area contributed by atoms with Crippen LogP contribution in [-0.2, 0) is 4.79 Å². The van der Waals surface area contributed by atoms with Crippen molar-refractivity contribution in [1.82, 2.24) is 5.32 Å². The molecule has 0 spiro atoms. The second kappa shape index (κ2) is 8.95. The van der Waals surface area contributed by atoms with E-state index in [9.17, 15) is 4.79 Å². The highest BCUT2D eigenvalue weighted by Gasteiger charge is 2.25. The molecule has 2 heterocycles. The standard InChI is InChI=1S/C23H24N2OS2/c1-17-13-14-25(19-10-5-6-11-20(19)28-17)22(26)16-24-23(21-12-7-15-27-21)18-8-3-2-4-9-18/h2-12,15,17,23-24H,13-14,16H2,1H3/t17-,23-/m0/s1. The third-order valence-corrected chi connectivity index (χ3v) is 7.14. The minimum Gasteiger partial charge on any atom is -0.310 e. The molecule has 1 aliphatic rings. The summed E-state index contributed by atoms with van der Waals surface area (Å²) in [6.07, 6.45) is 0.998. The fraction of sp³-hybridized carbons (Fsp3) is 0.261. The van der Waals surface area contributed by atoms with E-state index in [-0.39, 0.29) is 11.9 Å². The number of fused-ring (bicyclic) bond motifs is 1. The number of hydrogen-bond acceptors (Lipinski definition) is 4. The molecule has 0 fully saturated rings. The first-order valence-corrected chi connectivity index (χ1v) is 11.4. The second-order valence-electron chi connectivity index (χ2n) is 6.97. The molecule has 4 rings (SSSR count). The van der Waals surface area contributed by atoms with Gasteiger partial charge in [0.1, 0.15) is 0 Å². The van der Waals surface area contributed by atoms with Crippen LogP contribution in [0, 0.1) is 0 Å². The number of rotatable bonds is 5. The summed E-state index contributed by atoms with van der Waals surface area (Å²) < 4.78 is 0. The predicted octanol–water partition coefficient (Wildman–Crippen LogP) is 5.34. The van der Waals surface area contributed by atoms with E-state index in [0.717, 1.165) is 18.7 Å². The van der Waals surface area contributed by atoms with Gasteiger partial charge in [0, 0.05) is 21.6 Å². The first-order valence-electron chi connectivity index (χ1n) is 9.60. The first kappa shape index (κ1) is 19.2. The Bertz CT molecular complexity index is 911. The van der Waals surface area contributed by atoms with Gasteiger partial charge in [0.15, 0.2) is 0 Å². The van der Waals surface area contributed by atoms with Crippen molar-refractivity contribution in [2.75, 3.05) is 18.0 Å². The number of amides is 1. The van der Waals surface area contributed by atoms with Crippen LogP contribution in [0.15, 0.2) is 77.0 Å². The van der Waals surface area contributed by atoms with Crippen LogP contribution in [0.2, 0.25) is 0 Å². The van der Waals surface area contributed by atoms with Gasteiger partial charge >= 0.3 is 0 Å². The van der Waals surface area contributed by atoms with Gasteiger partial charge in [0.25, 0.3) is 0 Å². The number of nitrogens with zero attached hydrogens (tertiary/aromatic N) is 1. The summed E-state index contributed by atoms with van der Waals surface area (Å²) in [5, 5.41) is 6.10. The lowest BCUT2D eigenvalue weighted by molar-refractivity contribution is -0.117. The lowest BCUT2D eigenvalue weighted by Gasteiger charge is -2.24. The maximum Gasteiger partial charge on any atom is 0.240 e. The highest BCUT2D eigenvalue weighted by atomic mass is 32.2. The molecule has 3 nitrogen and oxygen atoms in total. The third-order valence-electron chi connectivity index (χ3n) is 4.96. The molecule has 0 saturated carbocycles. The smallest absolute Gasteiger partial charge is 0.240 e. The van der Waals surface area contributed by atoms with Crippen molar-refractivity contribution >= 4 is 34.7 Å². The average Bonchev–Trinajstić information content (AvgIpc) is 3.18. The zero-order chi connectivity index (χ0) is 19.3. The van der Waals surface area contributed by atoms with Gasteiger partial charge in [-0.3, -0.25) is 10.1 Å². The Morgan fingerprint density at radius 1 is 1.11 bits per heavy atom. The molecule has 1 amide bonds. The number of thioether (sulfide) groups is 1. The van der Waals surface area contributed by atoms with Crippen molar-refractivity contribution in [3.8, 4) is 0 Å². The first-order chi connectivity index (χ1) is 13.7. The summed E-state index contributed by atoms with van der Waals surface area (Å²) in [5.41, 5.74) is 2.22. The molecule has 2 atom stereocenters. The Kier molecular flexibility index (Phi) is 6.15. The van der Waals surface area contributed by atoms with Crippen molar-refractivity contribution in [2.24, 2.45) is 0 Å². The number of anilines is 1. The summed E-state index contributed by atoms with van der Waals surface area (Å²) in [7, 11) is 0. The number of para-hydroxylation sites is 1. The molecule has 144 valence electrons. The van der Waals surface area contributed by atoms with Crippen LogP contribution in [0.1, 0.15) is 29.8 Å². The van der Waals surface area contributed by atoms with E-state index in [4.69, 9.17) is 0 Å². The number of carbonyl (C=O) groups is 1. The Morgan fingerprint density at radius 2 is 1.89 bits per heavy atom. The molecule has 28 heavy (non-hydrogen) atoms. The van der Waals surface area contributed by atoms with E-state index < -0.39 is 0 Å². The van der Waals surface area contributed by atoms with Gasteiger partial charge in [-0.05, 0) is 35.6 Å². The van der Waals surface area contributed by atoms with Crippen molar-refractivity contribution in [1.29, 1.82) is 0 Å². The number of hydrogen-bond donors (Lipinski definition) is 1. The Morgan fingerprint density at radius 3 is 2.68 bits per heavy atom. The van der Waals surface area contributed by atoms with Crippen molar-refractivity contribution < 1.29 is 4.79 Å². The summed E-state index contributed by atoms with van der Waals surface area (Å²) in [4.78, 5) is 17.6. The quantitative estimate of drug-likeness (QED) is 0.618. The topological polar surface area (TPSA) is 32.3 Å². The van der Waals surface area contributed by atoms with Gasteiger partial charge in [-0.25, -0.2) is 0 Å². The fourth-order valence-electron chi connectivity index (χ4n) is 3.51. The summed E-state index contributed by atoms with van der Waals surface area (Å²) in [6.45, 7) is 3.31. The number of thiophene rings is 1. The van der Waals surface area contributed by atoms with Crippen LogP contribution < -0.4 is 10.2 Å². The molecule has 1 N–H and O–H groups in total. The lowest BCUT2D eigenvalue weighted by atomic mass is 10.1. The molecule has 0 bridgehead atoms. The number of nitrogens with one attached hydrogen (secondary N) is 1. The van der Waals surface area contributed by atoms with Crippen molar-refractivity contribution in [3.05, 3.63) is 82.6 Å². The highest BCUT2D eigenvalue weighted by Crippen LogP contribution is 2.37. The van der Waals surface area contributed by atoms with Gasteiger partial charge in [0.05, 0.1) is 18.3 Å². The molecule has 2 aromatic carbocycles. The molecule has 1 aromatic heterocycles. The van der Waals surface area contributed by atoms with E-state index in [1.54, 1.807) is 11.3 Å². The van der Waals surface area contributed by atoms with Crippen LogP contribution >= 0.6 is 23.1 Å². The second-order valence-corrected chi connectivity index (χ2v) is 9.43. The van der Waals surface area contributed by atoms with Gasteiger partial charge in [-0.15, -0.1) is 23.1 Å². The minimum atomic E-state index is 0.0284. The van der Waals surface area contributed by atoms with Crippen LogP contribution in [0.3, 0.4) is 0 Å². The van der Waals surface area contributed by atoms with E-state index in [2.05, 4.69) is 54.0 Å². The molecular weight excluding hydrogens is 384 g/mol. The highest BCUT2D eigenvalue weighted by molar-refractivity contribution is 8.00. The van der Waals surface area contributed by atoms with Crippen LogP contribution in [0.5, 0.6) is 0 Å². The average molecular weight is 409 g/mol. The van der Waals surface area contributed by atoms with Crippen LogP contribution in [0.25, 0.3) is 0 Å². The maximum atomic E-state index is 13.2. The molecular formula is C23H24N2OS2. The van der Waals surface area contributed by atoms with E-state index in [1.165, 1.54) is 15.3 Å². The van der Waals surface area contributed by atoms with Gasteiger partial charge in [-0.1, -0.05) is 55.5 Å². The van der Waals surface area contributed by atoms with E-state index in [0.29, 0.717) is 11.8 Å². The molecule has 0 aliphatic carbocycles. The monoisotopic (exact) mass is 408 g/mol. The van der Waals surface area contributed by atoms with Crippen molar-refractivity contribution in [3.63, 3.8) is 0 Å². The maximum absolute atomic E-state index is 13.2.